The third kappa shape index (κ3) is 4.67. The van der Waals surface area contributed by atoms with Gasteiger partial charge in [0.05, 0.1) is 5.69 Å². The van der Waals surface area contributed by atoms with Gasteiger partial charge in [0, 0.05) is 5.02 Å². The first-order valence-electron chi connectivity index (χ1n) is 6.75. The number of ether oxygens (including phenoxy) is 1. The summed E-state index contributed by atoms with van der Waals surface area (Å²) in [6.07, 6.45) is 0. The number of nitrogens with zero attached hydrogens (tertiary/aromatic N) is 1. The van der Waals surface area contributed by atoms with E-state index in [-0.39, 0.29) is 6.61 Å². The number of carbonyl (C=O) groups excluding carboxylic acids is 1. The highest BCUT2D eigenvalue weighted by molar-refractivity contribution is 7.13. The van der Waals surface area contributed by atoms with Gasteiger partial charge in [0.2, 0.25) is 0 Å². The Hall–Kier alpha value is -2.12. The molecule has 0 aliphatic rings. The minimum absolute atomic E-state index is 0.217. The molecule has 0 aliphatic heterocycles. The zero-order chi connectivity index (χ0) is 17.0. The highest BCUT2D eigenvalue weighted by atomic mass is 35.5. The second-order valence-corrected chi connectivity index (χ2v) is 6.32. The fraction of sp³-hybridized carbons (Fsp3) is 0.267. The quantitative estimate of drug-likeness (QED) is 0.832. The average Bonchev–Trinajstić information content (AvgIpc) is 2.87. The Morgan fingerprint density at radius 3 is 2.65 bits per heavy atom. The molecule has 0 fully saturated rings. The zero-order valence-corrected chi connectivity index (χ0v) is 14.1. The molecule has 0 bridgehead atoms. The number of benzene rings is 1. The SMILES string of the molecule is Cc1nc(COc2ccc(Cl)cc2)sc1C(=O)N[C@@H](C)C(=O)O. The van der Waals surface area contributed by atoms with Gasteiger partial charge in [-0.05, 0) is 38.1 Å². The van der Waals surface area contributed by atoms with Crippen LogP contribution in [0.25, 0.3) is 0 Å². The summed E-state index contributed by atoms with van der Waals surface area (Å²) in [7, 11) is 0. The van der Waals surface area contributed by atoms with Gasteiger partial charge in [0.1, 0.15) is 28.3 Å². The molecular formula is C15H15ClN2O4S. The van der Waals surface area contributed by atoms with Crippen LogP contribution in [0.4, 0.5) is 0 Å². The van der Waals surface area contributed by atoms with Crippen molar-refractivity contribution in [2.75, 3.05) is 0 Å². The number of nitrogens with one attached hydrogen (secondary N) is 1. The molecule has 2 rings (SSSR count). The van der Waals surface area contributed by atoms with Gasteiger partial charge in [-0.3, -0.25) is 9.59 Å². The number of halogens is 1. The number of amides is 1. The van der Waals surface area contributed by atoms with Crippen LogP contribution in [0, 0.1) is 6.92 Å². The molecule has 0 saturated carbocycles. The van der Waals surface area contributed by atoms with Gasteiger partial charge in [-0.1, -0.05) is 11.6 Å². The number of hydrogen-bond acceptors (Lipinski definition) is 5. The summed E-state index contributed by atoms with van der Waals surface area (Å²) in [4.78, 5) is 27.5. The topological polar surface area (TPSA) is 88.5 Å². The molecule has 2 N–H and O–H groups in total. The maximum Gasteiger partial charge on any atom is 0.325 e. The highest BCUT2D eigenvalue weighted by Crippen LogP contribution is 2.21. The summed E-state index contributed by atoms with van der Waals surface area (Å²) < 4.78 is 5.58. The standard InChI is InChI=1S/C15H15ClN2O4S/c1-8-13(14(19)18-9(2)15(20)21)23-12(17-8)7-22-11-5-3-10(16)4-6-11/h3-6,9H,7H2,1-2H3,(H,18,19)(H,20,21)/t9-/m0/s1. The van der Waals surface area contributed by atoms with E-state index in [1.165, 1.54) is 18.3 Å². The summed E-state index contributed by atoms with van der Waals surface area (Å²) in [6.45, 7) is 3.32. The van der Waals surface area contributed by atoms with Crippen molar-refractivity contribution in [2.45, 2.75) is 26.5 Å². The second-order valence-electron chi connectivity index (χ2n) is 4.80. The molecule has 122 valence electrons. The van der Waals surface area contributed by atoms with E-state index in [0.29, 0.717) is 26.4 Å². The minimum Gasteiger partial charge on any atom is -0.486 e. The molecule has 1 heterocycles. The monoisotopic (exact) mass is 354 g/mol. The van der Waals surface area contributed by atoms with Crippen molar-refractivity contribution in [1.82, 2.24) is 10.3 Å². The van der Waals surface area contributed by atoms with Gasteiger partial charge in [-0.2, -0.15) is 0 Å². The lowest BCUT2D eigenvalue weighted by molar-refractivity contribution is -0.138. The van der Waals surface area contributed by atoms with Gasteiger partial charge in [-0.15, -0.1) is 11.3 Å². The normalized spacial score (nSPS) is 11.8. The number of aliphatic carboxylic acids is 1. The number of hydrogen-bond donors (Lipinski definition) is 2. The third-order valence-corrected chi connectivity index (χ3v) is 4.32. The van der Waals surface area contributed by atoms with Gasteiger partial charge < -0.3 is 15.2 Å². The molecule has 1 aromatic heterocycles. The van der Waals surface area contributed by atoms with E-state index in [2.05, 4.69) is 10.3 Å². The maximum absolute atomic E-state index is 12.0. The minimum atomic E-state index is -1.09. The molecule has 23 heavy (non-hydrogen) atoms. The molecular weight excluding hydrogens is 340 g/mol. The van der Waals surface area contributed by atoms with E-state index < -0.39 is 17.9 Å². The summed E-state index contributed by atoms with van der Waals surface area (Å²) >= 11 is 6.98. The fourth-order valence-electron chi connectivity index (χ4n) is 1.72. The van der Waals surface area contributed by atoms with Crippen molar-refractivity contribution >= 4 is 34.8 Å². The lowest BCUT2D eigenvalue weighted by atomic mass is 10.3. The molecule has 6 nitrogen and oxygen atoms in total. The second kappa shape index (κ2) is 7.43. The first-order valence-corrected chi connectivity index (χ1v) is 7.94. The number of carboxylic acid groups (broad SMARTS) is 1. The van der Waals surface area contributed by atoms with Crippen LogP contribution in [-0.4, -0.2) is 28.0 Å². The van der Waals surface area contributed by atoms with Crippen LogP contribution in [0.1, 0.15) is 27.3 Å². The molecule has 2 aromatic rings. The Kier molecular flexibility index (Phi) is 5.57. The molecule has 0 radical (unpaired) electrons. The van der Waals surface area contributed by atoms with Gasteiger partial charge >= 0.3 is 5.97 Å². The molecule has 1 atom stereocenters. The average molecular weight is 355 g/mol. The van der Waals surface area contributed by atoms with Gasteiger partial charge in [0.25, 0.3) is 5.91 Å². The van der Waals surface area contributed by atoms with E-state index in [9.17, 15) is 9.59 Å². The number of carbonyl (C=O) groups is 2. The molecule has 1 amide bonds. The predicted molar refractivity (Wildman–Crippen MR) is 87.2 cm³/mol. The number of thiazole rings is 1. The van der Waals surface area contributed by atoms with E-state index in [1.54, 1.807) is 31.2 Å². The molecule has 0 saturated heterocycles. The summed E-state index contributed by atoms with van der Waals surface area (Å²) in [5.74, 6) is -0.896. The summed E-state index contributed by atoms with van der Waals surface area (Å²) in [6, 6.07) is 5.96. The Balaban J connectivity index is 2.01. The van der Waals surface area contributed by atoms with Crippen molar-refractivity contribution in [2.24, 2.45) is 0 Å². The van der Waals surface area contributed by atoms with Crippen LogP contribution < -0.4 is 10.1 Å². The van der Waals surface area contributed by atoms with E-state index in [4.69, 9.17) is 21.4 Å². The first-order chi connectivity index (χ1) is 10.9. The molecule has 0 unspecified atom stereocenters. The molecule has 0 spiro atoms. The predicted octanol–water partition coefficient (Wildman–Crippen LogP) is 2.89. The van der Waals surface area contributed by atoms with E-state index >= 15 is 0 Å². The number of aromatic nitrogens is 1. The molecule has 1 aromatic carbocycles. The number of carboxylic acids is 1. The summed E-state index contributed by atoms with van der Waals surface area (Å²) in [5, 5.41) is 12.5. The zero-order valence-electron chi connectivity index (χ0n) is 12.5. The largest absolute Gasteiger partial charge is 0.486 e. The number of aryl methyl sites for hydroxylation is 1. The Labute approximate surface area is 142 Å². The third-order valence-electron chi connectivity index (χ3n) is 2.94. The van der Waals surface area contributed by atoms with Crippen LogP contribution in [0.5, 0.6) is 5.75 Å². The smallest absolute Gasteiger partial charge is 0.325 e. The highest BCUT2D eigenvalue weighted by Gasteiger charge is 2.20. The van der Waals surface area contributed by atoms with E-state index in [0.717, 1.165) is 0 Å². The van der Waals surface area contributed by atoms with Crippen molar-refractivity contribution in [3.05, 3.63) is 44.9 Å². The maximum atomic E-state index is 12.0. The first kappa shape index (κ1) is 17.2. The molecule has 8 heteroatoms. The summed E-state index contributed by atoms with van der Waals surface area (Å²) in [5.41, 5.74) is 0.541. The van der Waals surface area contributed by atoms with Crippen LogP contribution >= 0.6 is 22.9 Å². The van der Waals surface area contributed by atoms with Crippen LogP contribution in [0.2, 0.25) is 5.02 Å². The van der Waals surface area contributed by atoms with Crippen molar-refractivity contribution in [3.63, 3.8) is 0 Å². The van der Waals surface area contributed by atoms with Crippen LogP contribution in [0.15, 0.2) is 24.3 Å². The lowest BCUT2D eigenvalue weighted by Gasteiger charge is -2.07. The van der Waals surface area contributed by atoms with Crippen molar-refractivity contribution < 1.29 is 19.4 Å². The molecule has 0 aliphatic carbocycles. The van der Waals surface area contributed by atoms with Gasteiger partial charge in [-0.25, -0.2) is 4.98 Å². The fourth-order valence-corrected chi connectivity index (χ4v) is 2.73. The van der Waals surface area contributed by atoms with Crippen molar-refractivity contribution in [3.8, 4) is 5.75 Å². The van der Waals surface area contributed by atoms with E-state index in [1.807, 2.05) is 0 Å². The lowest BCUT2D eigenvalue weighted by Crippen LogP contribution is -2.38. The van der Waals surface area contributed by atoms with Crippen LogP contribution in [0.3, 0.4) is 0 Å². The van der Waals surface area contributed by atoms with Crippen molar-refractivity contribution in [1.29, 1.82) is 0 Å². The Bertz CT molecular complexity index is 715. The van der Waals surface area contributed by atoms with Gasteiger partial charge in [0.15, 0.2) is 0 Å². The Morgan fingerprint density at radius 1 is 1.39 bits per heavy atom. The Morgan fingerprint density at radius 2 is 2.04 bits per heavy atom. The number of rotatable bonds is 6. The van der Waals surface area contributed by atoms with Crippen LogP contribution in [-0.2, 0) is 11.4 Å².